The second-order valence-corrected chi connectivity index (χ2v) is 5.66. The van der Waals surface area contributed by atoms with Gasteiger partial charge in [0.05, 0.1) is 13.5 Å². The molecule has 1 heterocycles. The summed E-state index contributed by atoms with van der Waals surface area (Å²) in [6, 6.07) is 13.5. The van der Waals surface area contributed by atoms with Gasteiger partial charge in [0.25, 0.3) is 0 Å². The third-order valence-corrected chi connectivity index (χ3v) is 3.82. The van der Waals surface area contributed by atoms with Crippen molar-refractivity contribution < 1.29 is 13.9 Å². The molecule has 24 heavy (non-hydrogen) atoms. The van der Waals surface area contributed by atoms with E-state index in [0.717, 1.165) is 34.4 Å². The van der Waals surface area contributed by atoms with Crippen molar-refractivity contribution in [1.82, 2.24) is 10.3 Å². The number of fused-ring (bicyclic) bond motifs is 1. The minimum atomic E-state index is 0.00285. The number of aryl methyl sites for hydroxylation is 1. The van der Waals surface area contributed by atoms with Crippen molar-refractivity contribution in [3.63, 3.8) is 0 Å². The topological polar surface area (TPSA) is 64.4 Å². The van der Waals surface area contributed by atoms with Gasteiger partial charge in [-0.1, -0.05) is 18.2 Å². The minimum absolute atomic E-state index is 0.00285. The van der Waals surface area contributed by atoms with Gasteiger partial charge in [0.15, 0.2) is 11.5 Å². The Hall–Kier alpha value is -2.82. The summed E-state index contributed by atoms with van der Waals surface area (Å²) >= 11 is 0. The van der Waals surface area contributed by atoms with Crippen LogP contribution < -0.4 is 10.1 Å². The molecule has 0 fully saturated rings. The van der Waals surface area contributed by atoms with Crippen LogP contribution in [0.5, 0.6) is 5.75 Å². The Morgan fingerprint density at radius 1 is 1.17 bits per heavy atom. The highest BCUT2D eigenvalue weighted by molar-refractivity contribution is 5.81. The molecule has 3 aromatic rings. The van der Waals surface area contributed by atoms with Crippen LogP contribution in [0.4, 0.5) is 0 Å². The molecule has 124 valence electrons. The van der Waals surface area contributed by atoms with E-state index in [1.165, 1.54) is 0 Å². The zero-order chi connectivity index (χ0) is 16.9. The van der Waals surface area contributed by atoms with Gasteiger partial charge >= 0.3 is 0 Å². The van der Waals surface area contributed by atoms with Crippen molar-refractivity contribution >= 4 is 17.0 Å². The first-order valence-corrected chi connectivity index (χ1v) is 7.90. The number of aromatic nitrogens is 1. The lowest BCUT2D eigenvalue weighted by Gasteiger charge is -2.06. The first-order valence-electron chi connectivity index (χ1n) is 7.90. The van der Waals surface area contributed by atoms with Gasteiger partial charge in [0, 0.05) is 13.5 Å². The third kappa shape index (κ3) is 3.93. The van der Waals surface area contributed by atoms with Gasteiger partial charge in [-0.2, -0.15) is 0 Å². The van der Waals surface area contributed by atoms with Crippen LogP contribution in [0.25, 0.3) is 11.1 Å². The molecule has 1 N–H and O–H groups in total. The number of carbonyl (C=O) groups excluding carboxylic acids is 1. The largest absolute Gasteiger partial charge is 0.497 e. The third-order valence-electron chi connectivity index (χ3n) is 3.82. The molecule has 1 amide bonds. The lowest BCUT2D eigenvalue weighted by molar-refractivity contribution is -0.120. The average Bonchev–Trinajstić information content (AvgIpc) is 2.95. The fraction of sp³-hybridized carbons (Fsp3) is 0.263. The smallest absolute Gasteiger partial charge is 0.224 e. The van der Waals surface area contributed by atoms with Crippen LogP contribution in [-0.4, -0.2) is 24.5 Å². The zero-order valence-electron chi connectivity index (χ0n) is 13.8. The maximum Gasteiger partial charge on any atom is 0.224 e. The molecule has 0 aliphatic carbocycles. The first kappa shape index (κ1) is 16.1. The number of rotatable bonds is 6. The molecule has 3 rings (SSSR count). The zero-order valence-corrected chi connectivity index (χ0v) is 13.8. The Labute approximate surface area is 140 Å². The molecule has 2 aromatic carbocycles. The fourth-order valence-corrected chi connectivity index (χ4v) is 2.58. The van der Waals surface area contributed by atoms with Crippen LogP contribution in [-0.2, 0) is 17.6 Å². The van der Waals surface area contributed by atoms with E-state index >= 15 is 0 Å². The second-order valence-electron chi connectivity index (χ2n) is 5.66. The monoisotopic (exact) mass is 324 g/mol. The molecule has 0 unspecified atom stereocenters. The molecule has 5 nitrogen and oxygen atoms in total. The highest BCUT2D eigenvalue weighted by atomic mass is 16.5. The molecular weight excluding hydrogens is 304 g/mol. The van der Waals surface area contributed by atoms with E-state index in [9.17, 15) is 4.79 Å². The van der Waals surface area contributed by atoms with Crippen LogP contribution in [0.2, 0.25) is 0 Å². The Morgan fingerprint density at radius 3 is 2.67 bits per heavy atom. The second kappa shape index (κ2) is 7.17. The van der Waals surface area contributed by atoms with E-state index in [-0.39, 0.29) is 5.91 Å². The van der Waals surface area contributed by atoms with Crippen molar-refractivity contribution in [2.45, 2.75) is 19.8 Å². The summed E-state index contributed by atoms with van der Waals surface area (Å²) in [7, 11) is 1.65. The van der Waals surface area contributed by atoms with E-state index in [4.69, 9.17) is 9.15 Å². The van der Waals surface area contributed by atoms with Gasteiger partial charge in [-0.3, -0.25) is 4.79 Å². The van der Waals surface area contributed by atoms with Crippen molar-refractivity contribution in [3.05, 3.63) is 59.5 Å². The predicted octanol–water partition coefficient (Wildman–Crippen LogP) is 3.05. The lowest BCUT2D eigenvalue weighted by Crippen LogP contribution is -2.27. The molecule has 1 aromatic heterocycles. The minimum Gasteiger partial charge on any atom is -0.497 e. The summed E-state index contributed by atoms with van der Waals surface area (Å²) in [5, 5.41) is 2.95. The number of oxazole rings is 1. The molecule has 0 spiro atoms. The number of ether oxygens (including phenoxy) is 1. The van der Waals surface area contributed by atoms with E-state index in [0.29, 0.717) is 18.9 Å². The Kier molecular flexibility index (Phi) is 4.79. The van der Waals surface area contributed by atoms with E-state index in [1.54, 1.807) is 7.11 Å². The summed E-state index contributed by atoms with van der Waals surface area (Å²) in [4.78, 5) is 16.4. The van der Waals surface area contributed by atoms with Gasteiger partial charge < -0.3 is 14.5 Å². The molecule has 0 radical (unpaired) electrons. The molecule has 0 saturated carbocycles. The van der Waals surface area contributed by atoms with Crippen LogP contribution in [0.15, 0.2) is 46.9 Å². The lowest BCUT2D eigenvalue weighted by atomic mass is 10.1. The molecule has 0 atom stereocenters. The molecule has 0 bridgehead atoms. The van der Waals surface area contributed by atoms with Crippen LogP contribution in [0.1, 0.15) is 17.0 Å². The first-order chi connectivity index (χ1) is 11.6. The summed E-state index contributed by atoms with van der Waals surface area (Å²) in [6.45, 7) is 2.42. The van der Waals surface area contributed by atoms with E-state index < -0.39 is 0 Å². The number of amides is 1. The van der Waals surface area contributed by atoms with Gasteiger partial charge in [0.1, 0.15) is 11.3 Å². The number of nitrogens with zero attached hydrogens (tertiary/aromatic N) is 1. The van der Waals surface area contributed by atoms with Crippen LogP contribution >= 0.6 is 0 Å². The summed E-state index contributed by atoms with van der Waals surface area (Å²) in [5.41, 5.74) is 3.63. The molecule has 0 aliphatic heterocycles. The van der Waals surface area contributed by atoms with Gasteiger partial charge in [-0.25, -0.2) is 4.98 Å². The fourth-order valence-electron chi connectivity index (χ4n) is 2.58. The normalized spacial score (nSPS) is 10.8. The van der Waals surface area contributed by atoms with Crippen molar-refractivity contribution in [2.24, 2.45) is 0 Å². The van der Waals surface area contributed by atoms with Crippen LogP contribution in [0.3, 0.4) is 0 Å². The average molecular weight is 324 g/mol. The number of methoxy groups -OCH3 is 1. The van der Waals surface area contributed by atoms with Crippen molar-refractivity contribution in [3.8, 4) is 5.75 Å². The summed E-state index contributed by atoms with van der Waals surface area (Å²) in [6.07, 6.45) is 1.13. The molecule has 0 aliphatic rings. The quantitative estimate of drug-likeness (QED) is 0.757. The number of nitrogens with one attached hydrogen (secondary N) is 1. The highest BCUT2D eigenvalue weighted by Gasteiger charge is 2.07. The van der Waals surface area contributed by atoms with Crippen molar-refractivity contribution in [1.29, 1.82) is 0 Å². The highest BCUT2D eigenvalue weighted by Crippen LogP contribution is 2.17. The van der Waals surface area contributed by atoms with Gasteiger partial charge in [0.2, 0.25) is 5.91 Å². The van der Waals surface area contributed by atoms with Gasteiger partial charge in [-0.05, 0) is 41.8 Å². The Balaban J connectivity index is 1.50. The SMILES string of the molecule is COc1ccc(CCNC(=O)Cc2ccc3oc(C)nc3c2)cc1. The Morgan fingerprint density at radius 2 is 1.92 bits per heavy atom. The number of benzene rings is 2. The van der Waals surface area contributed by atoms with E-state index in [1.807, 2.05) is 49.4 Å². The van der Waals surface area contributed by atoms with E-state index in [2.05, 4.69) is 10.3 Å². The van der Waals surface area contributed by atoms with Crippen LogP contribution in [0, 0.1) is 6.92 Å². The standard InChI is InChI=1S/C19H20N2O3/c1-13-21-17-11-15(5-8-18(17)24-13)12-19(22)20-10-9-14-3-6-16(23-2)7-4-14/h3-8,11H,9-10,12H2,1-2H3,(H,20,22). The number of carbonyl (C=O) groups is 1. The van der Waals surface area contributed by atoms with Crippen molar-refractivity contribution in [2.75, 3.05) is 13.7 Å². The maximum absolute atomic E-state index is 12.1. The predicted molar refractivity (Wildman–Crippen MR) is 92.2 cm³/mol. The van der Waals surface area contributed by atoms with Gasteiger partial charge in [-0.15, -0.1) is 0 Å². The number of hydrogen-bond donors (Lipinski definition) is 1. The molecular formula is C19H20N2O3. The Bertz CT molecular complexity index is 837. The summed E-state index contributed by atoms with van der Waals surface area (Å²) < 4.78 is 10.6. The summed E-state index contributed by atoms with van der Waals surface area (Å²) in [5.74, 6) is 1.47. The number of hydrogen-bond acceptors (Lipinski definition) is 4. The maximum atomic E-state index is 12.1. The molecule has 0 saturated heterocycles. The molecule has 5 heteroatoms.